The van der Waals surface area contributed by atoms with Gasteiger partial charge in [-0.15, -0.1) is 0 Å². The van der Waals surface area contributed by atoms with Crippen LogP contribution in [-0.2, 0) is 21.8 Å². The predicted octanol–water partition coefficient (Wildman–Crippen LogP) is -3.67. The van der Waals surface area contributed by atoms with E-state index in [1.54, 1.807) is 0 Å². The van der Waals surface area contributed by atoms with Crippen molar-refractivity contribution in [1.82, 2.24) is 0 Å². The maximum atomic E-state index is 8.38. The Bertz CT molecular complexity index is 11.6. The Morgan fingerprint density at radius 2 is 1.20 bits per heavy atom. The third-order valence-corrected chi connectivity index (χ3v) is 0. The molecule has 0 unspecified atom stereocenters. The van der Waals surface area contributed by atoms with Crippen LogP contribution in [0.1, 0.15) is 0 Å². The molecular formula is H9GaInOSiZn. The van der Waals surface area contributed by atoms with Crippen molar-refractivity contribution in [3.63, 3.8) is 0 Å². The molecule has 5 heteroatoms. The zero-order valence-electron chi connectivity index (χ0n) is 2.12. The van der Waals surface area contributed by atoms with Crippen molar-refractivity contribution in [3.05, 3.63) is 0 Å². The van der Waals surface area contributed by atoms with Gasteiger partial charge in [0.15, 0.2) is 0 Å². The molecule has 1 radical (unpaired) electrons. The molecule has 27 valence electrons. The molecule has 0 aromatic heterocycles. The van der Waals surface area contributed by atoms with Gasteiger partial charge in [0.2, 0.25) is 0 Å². The minimum atomic E-state index is 0. The van der Waals surface area contributed by atoms with Gasteiger partial charge in [0.05, 0.1) is 0 Å². The van der Waals surface area contributed by atoms with Crippen LogP contribution in [0.3, 0.4) is 0 Å². The number of rotatable bonds is 0. The van der Waals surface area contributed by atoms with Crippen molar-refractivity contribution in [2.45, 2.75) is 0 Å². The standard InChI is InChI=1S/Ga.In.O.H3Si.Zn.6H/h;;;1H3;;;;;;;. The molecule has 0 N–H and O–H groups in total. The van der Waals surface area contributed by atoms with Crippen LogP contribution >= 0.6 is 0 Å². The molecule has 0 aliphatic rings. The van der Waals surface area contributed by atoms with Crippen molar-refractivity contribution >= 4 is 56.6 Å². The summed E-state index contributed by atoms with van der Waals surface area (Å²) in [4.78, 5) is 0. The van der Waals surface area contributed by atoms with Crippen LogP contribution in [0, 0.1) is 0 Å². The molecule has 0 saturated heterocycles. The summed E-state index contributed by atoms with van der Waals surface area (Å²) in [5, 5.41) is 0. The zero-order valence-corrected chi connectivity index (χ0v) is 7.08. The van der Waals surface area contributed by atoms with Crippen molar-refractivity contribution in [3.8, 4) is 0 Å². The molecule has 0 aliphatic carbocycles. The molecule has 0 fully saturated rings. The van der Waals surface area contributed by atoms with Crippen LogP contribution in [0.15, 0.2) is 0 Å². The van der Waals surface area contributed by atoms with E-state index in [0.29, 0.717) is 0 Å². The molecule has 0 amide bonds. The second kappa shape index (κ2) is 35.3. The Morgan fingerprint density at radius 1 is 1.20 bits per heavy atom. The maximum Gasteiger partial charge on any atom is -0.0125 e. The third-order valence-electron chi connectivity index (χ3n) is 0. The second-order valence-corrected chi connectivity index (χ2v) is 0. The molecule has 5 heavy (non-hydrogen) atoms. The van der Waals surface area contributed by atoms with Gasteiger partial charge in [0.25, 0.3) is 0 Å². The van der Waals surface area contributed by atoms with Crippen LogP contribution in [0.25, 0.3) is 0 Å². The first kappa shape index (κ1) is 27.3. The van der Waals surface area contributed by atoms with Gasteiger partial charge in [-0.2, -0.15) is 0 Å². The minimum Gasteiger partial charge on any atom is -0.0125 e. The average Bonchev–Trinajstić information content (AvgIpc) is 1.00. The van der Waals surface area contributed by atoms with E-state index in [4.69, 9.17) is 3.57 Å². The van der Waals surface area contributed by atoms with Gasteiger partial charge < -0.3 is 0 Å². The molecule has 0 aliphatic heterocycles. The van der Waals surface area contributed by atoms with Crippen LogP contribution < -0.4 is 0 Å². The van der Waals surface area contributed by atoms with Crippen LogP contribution in [0.5, 0.6) is 0 Å². The fourth-order valence-electron chi connectivity index (χ4n) is 0. The monoisotopic (exact) mass is 301 g/mol. The van der Waals surface area contributed by atoms with Crippen LogP contribution in [0.2, 0.25) is 0 Å². The molecule has 0 rings (SSSR count). The number of hydrogen-bond donors (Lipinski definition) is 0. The fraction of sp³-hybridized carbons (Fsp3) is 0. The summed E-state index contributed by atoms with van der Waals surface area (Å²) in [5.74, 6) is 0. The van der Waals surface area contributed by atoms with Gasteiger partial charge in [0, 0.05) is 0 Å². The molecule has 0 aromatic carbocycles. The van der Waals surface area contributed by atoms with Gasteiger partial charge in [-0.1, -0.05) is 0 Å². The first-order valence-electron chi connectivity index (χ1n) is 0.289. The van der Waals surface area contributed by atoms with E-state index in [0.717, 1.165) is 0 Å². The van der Waals surface area contributed by atoms with E-state index in [9.17, 15) is 0 Å². The summed E-state index contributed by atoms with van der Waals surface area (Å²) in [6, 6.07) is 0. The van der Waals surface area contributed by atoms with Crippen molar-refractivity contribution in [1.29, 1.82) is 0 Å². The van der Waals surface area contributed by atoms with Gasteiger partial charge >= 0.3 is 67.5 Å². The average molecular weight is 303 g/mol. The van der Waals surface area contributed by atoms with E-state index in [-0.39, 0.29) is 74.9 Å². The van der Waals surface area contributed by atoms with Crippen molar-refractivity contribution in [2.75, 3.05) is 0 Å². The van der Waals surface area contributed by atoms with Crippen molar-refractivity contribution in [2.24, 2.45) is 0 Å². The smallest absolute Gasteiger partial charge is 0.0125 e. The molecule has 0 aromatic rings. The van der Waals surface area contributed by atoms with Gasteiger partial charge in [0.1, 0.15) is 0 Å². The first-order valence-corrected chi connectivity index (χ1v) is 1.50. The van der Waals surface area contributed by atoms with Crippen LogP contribution in [-0.4, -0.2) is 56.6 Å². The molecule has 0 heterocycles. The van der Waals surface area contributed by atoms with E-state index in [2.05, 4.69) is 0 Å². The zero-order chi connectivity index (χ0) is 2.00. The Morgan fingerprint density at radius 3 is 1.20 bits per heavy atom. The minimum absolute atomic E-state index is 0. The summed E-state index contributed by atoms with van der Waals surface area (Å²) in [6.45, 7) is 0. The SMILES string of the molecule is [GaH3].[InH3].[O]=[Zn].[SiH3]. The molecule has 0 saturated carbocycles. The van der Waals surface area contributed by atoms with Crippen molar-refractivity contribution < 1.29 is 21.8 Å². The van der Waals surface area contributed by atoms with E-state index < -0.39 is 0 Å². The Hall–Kier alpha value is 2.15. The third kappa shape index (κ3) is 22.9. The summed E-state index contributed by atoms with van der Waals surface area (Å²) in [7, 11) is 0. The molecule has 1 nitrogen and oxygen atoms in total. The van der Waals surface area contributed by atoms with E-state index >= 15 is 0 Å². The molecule has 0 bridgehead atoms. The summed E-state index contributed by atoms with van der Waals surface area (Å²) in [5.41, 5.74) is 0. The van der Waals surface area contributed by atoms with Gasteiger partial charge in [-0.05, 0) is 11.0 Å². The Kier molecular flexibility index (Phi) is 193. The fourth-order valence-corrected chi connectivity index (χ4v) is 0. The normalized spacial score (nSPS) is 1.20. The van der Waals surface area contributed by atoms with Gasteiger partial charge in [-0.3, -0.25) is 0 Å². The molecule has 0 atom stereocenters. The second-order valence-electron chi connectivity index (χ2n) is 0. The first-order chi connectivity index (χ1) is 1.00. The van der Waals surface area contributed by atoms with Gasteiger partial charge in [-0.25, -0.2) is 0 Å². The quantitative estimate of drug-likeness (QED) is 0.422. The Labute approximate surface area is 77.5 Å². The largest absolute Gasteiger partial charge is 0.0125 e. The molecular weight excluding hydrogens is 294 g/mol. The molecule has 0 spiro atoms. The summed E-state index contributed by atoms with van der Waals surface area (Å²) in [6.07, 6.45) is 0. The van der Waals surface area contributed by atoms with Crippen LogP contribution in [0.4, 0.5) is 0 Å². The topological polar surface area (TPSA) is 17.1 Å². The Balaban J connectivity index is -0.00000000167. The summed E-state index contributed by atoms with van der Waals surface area (Å²) >= 11 is 0.125. The maximum absolute atomic E-state index is 8.38. The van der Waals surface area contributed by atoms with E-state index in [1.165, 1.54) is 0 Å². The van der Waals surface area contributed by atoms with E-state index in [1.807, 2.05) is 0 Å². The summed E-state index contributed by atoms with van der Waals surface area (Å²) < 4.78 is 8.38. The number of hydrogen-bond acceptors (Lipinski definition) is 1. The predicted molar refractivity (Wildman–Crippen MR) is 30.5 cm³/mol.